The highest BCUT2D eigenvalue weighted by Crippen LogP contribution is 2.27. The molecule has 0 aliphatic rings. The molecule has 7 nitrogen and oxygen atoms in total. The molecule has 0 atom stereocenters. The molecule has 0 unspecified atom stereocenters. The zero-order valence-electron chi connectivity index (χ0n) is 13.5. The molecule has 1 amide bonds. The first-order chi connectivity index (χ1) is 11.8. The molecule has 0 bridgehead atoms. The van der Waals surface area contributed by atoms with Gasteiger partial charge in [0.15, 0.2) is 24.0 Å². The lowest BCUT2D eigenvalue weighted by Gasteiger charge is -2.16. The predicted molar refractivity (Wildman–Crippen MR) is 87.9 cm³/mol. The lowest BCUT2D eigenvalue weighted by molar-refractivity contribution is -0.385. The number of hydrogen-bond donors (Lipinski definition) is 1. The van der Waals surface area contributed by atoms with Crippen LogP contribution in [0.1, 0.15) is 0 Å². The molecule has 0 saturated heterocycles. The van der Waals surface area contributed by atoms with Crippen molar-refractivity contribution in [1.29, 1.82) is 0 Å². The molecule has 25 heavy (non-hydrogen) atoms. The third kappa shape index (κ3) is 4.40. The summed E-state index contributed by atoms with van der Waals surface area (Å²) in [6, 6.07) is 7.50. The second-order valence-corrected chi connectivity index (χ2v) is 5.24. The van der Waals surface area contributed by atoms with Crippen molar-refractivity contribution >= 4 is 23.0 Å². The van der Waals surface area contributed by atoms with E-state index in [1.807, 2.05) is 0 Å². The topological polar surface area (TPSA) is 84.7 Å². The molecular formula is C16H15F2N3O4. The summed E-state index contributed by atoms with van der Waals surface area (Å²) in [4.78, 5) is 23.3. The van der Waals surface area contributed by atoms with Crippen LogP contribution in [-0.2, 0) is 4.79 Å². The van der Waals surface area contributed by atoms with Crippen LogP contribution < -0.4 is 15.0 Å². The third-order valence-corrected chi connectivity index (χ3v) is 3.17. The molecule has 0 spiro atoms. The zero-order chi connectivity index (χ0) is 18.6. The average molecular weight is 351 g/mol. The van der Waals surface area contributed by atoms with Crippen LogP contribution in [0.15, 0.2) is 36.4 Å². The number of nitrogens with one attached hydrogen (secondary N) is 1. The van der Waals surface area contributed by atoms with E-state index in [9.17, 15) is 23.7 Å². The number of nitro benzene ring substituents is 1. The molecule has 2 rings (SSSR count). The Morgan fingerprint density at radius 3 is 2.40 bits per heavy atom. The van der Waals surface area contributed by atoms with Gasteiger partial charge in [0.1, 0.15) is 5.69 Å². The largest absolute Gasteiger partial charge is 0.477 e. The highest BCUT2D eigenvalue weighted by molar-refractivity contribution is 5.92. The van der Waals surface area contributed by atoms with Gasteiger partial charge >= 0.3 is 5.69 Å². The molecule has 0 radical (unpaired) electrons. The standard InChI is InChI=1S/C16H15F2N3O4/c1-20(2)16-11(17)7-10(8-12(16)18)19-15(22)9-25-14-6-4-3-5-13(14)21(23)24/h3-8H,9H2,1-2H3,(H,19,22). The van der Waals surface area contributed by atoms with Crippen molar-refractivity contribution in [3.05, 3.63) is 58.1 Å². The molecule has 1 N–H and O–H groups in total. The average Bonchev–Trinajstić information content (AvgIpc) is 2.52. The van der Waals surface area contributed by atoms with Gasteiger partial charge < -0.3 is 15.0 Å². The quantitative estimate of drug-likeness (QED) is 0.639. The van der Waals surface area contributed by atoms with Crippen molar-refractivity contribution in [2.75, 3.05) is 30.9 Å². The fourth-order valence-electron chi connectivity index (χ4n) is 2.14. The van der Waals surface area contributed by atoms with E-state index in [1.54, 1.807) is 0 Å². The van der Waals surface area contributed by atoms with Crippen molar-refractivity contribution in [2.24, 2.45) is 0 Å². The molecule has 0 heterocycles. The number of ether oxygens (including phenoxy) is 1. The first-order valence-electron chi connectivity index (χ1n) is 7.12. The number of amides is 1. The second kappa shape index (κ2) is 7.56. The van der Waals surface area contributed by atoms with Crippen LogP contribution in [0.5, 0.6) is 5.75 Å². The fraction of sp³-hybridized carbons (Fsp3) is 0.188. The Hall–Kier alpha value is -3.23. The number of carbonyl (C=O) groups excluding carboxylic acids is 1. The summed E-state index contributed by atoms with van der Waals surface area (Å²) >= 11 is 0. The summed E-state index contributed by atoms with van der Waals surface area (Å²) in [6.07, 6.45) is 0. The number of hydrogen-bond acceptors (Lipinski definition) is 5. The summed E-state index contributed by atoms with van der Waals surface area (Å²) in [5, 5.41) is 13.1. The fourth-order valence-corrected chi connectivity index (χ4v) is 2.14. The first-order valence-corrected chi connectivity index (χ1v) is 7.12. The molecule has 9 heteroatoms. The van der Waals surface area contributed by atoms with E-state index in [1.165, 1.54) is 43.3 Å². The molecule has 0 aliphatic heterocycles. The second-order valence-electron chi connectivity index (χ2n) is 5.24. The number of para-hydroxylation sites is 2. The molecule has 0 aliphatic carbocycles. The minimum Gasteiger partial charge on any atom is -0.477 e. The molecule has 2 aromatic carbocycles. The van der Waals surface area contributed by atoms with Crippen molar-refractivity contribution in [3.63, 3.8) is 0 Å². The Morgan fingerprint density at radius 1 is 1.24 bits per heavy atom. The Bertz CT molecular complexity index is 789. The van der Waals surface area contributed by atoms with Gasteiger partial charge in [-0.2, -0.15) is 0 Å². The summed E-state index contributed by atoms with van der Waals surface area (Å²) in [5.74, 6) is -2.46. The summed E-state index contributed by atoms with van der Waals surface area (Å²) in [6.45, 7) is -0.552. The van der Waals surface area contributed by atoms with Gasteiger partial charge in [0.25, 0.3) is 5.91 Å². The smallest absolute Gasteiger partial charge is 0.310 e. The van der Waals surface area contributed by atoms with E-state index in [0.717, 1.165) is 12.1 Å². The van der Waals surface area contributed by atoms with Gasteiger partial charge in [0, 0.05) is 25.8 Å². The summed E-state index contributed by atoms with van der Waals surface area (Å²) < 4.78 is 32.8. The van der Waals surface area contributed by atoms with Crippen molar-refractivity contribution in [1.82, 2.24) is 0 Å². The maximum Gasteiger partial charge on any atom is 0.310 e. The Labute approximate surface area is 142 Å². The first kappa shape index (κ1) is 18.1. The van der Waals surface area contributed by atoms with Crippen LogP contribution >= 0.6 is 0 Å². The van der Waals surface area contributed by atoms with E-state index in [-0.39, 0.29) is 22.8 Å². The highest BCUT2D eigenvalue weighted by atomic mass is 19.1. The van der Waals surface area contributed by atoms with Crippen molar-refractivity contribution in [3.8, 4) is 5.75 Å². The number of anilines is 2. The molecule has 0 saturated carbocycles. The Kier molecular flexibility index (Phi) is 5.48. The monoisotopic (exact) mass is 351 g/mol. The Morgan fingerprint density at radius 2 is 1.84 bits per heavy atom. The minimum atomic E-state index is -0.833. The van der Waals surface area contributed by atoms with Gasteiger partial charge in [-0.3, -0.25) is 14.9 Å². The van der Waals surface area contributed by atoms with Crippen LogP contribution in [0, 0.1) is 21.7 Å². The number of carbonyl (C=O) groups is 1. The van der Waals surface area contributed by atoms with E-state index < -0.39 is 29.1 Å². The van der Waals surface area contributed by atoms with Gasteiger partial charge in [-0.25, -0.2) is 8.78 Å². The maximum absolute atomic E-state index is 13.9. The van der Waals surface area contributed by atoms with E-state index in [2.05, 4.69) is 5.32 Å². The Balaban J connectivity index is 2.05. The van der Waals surface area contributed by atoms with Crippen molar-refractivity contribution < 1.29 is 23.2 Å². The number of benzene rings is 2. The summed E-state index contributed by atoms with van der Waals surface area (Å²) in [7, 11) is 2.97. The number of rotatable bonds is 6. The number of nitro groups is 1. The van der Waals surface area contributed by atoms with Gasteiger partial charge in [0.05, 0.1) is 4.92 Å². The molecule has 0 aromatic heterocycles. The third-order valence-electron chi connectivity index (χ3n) is 3.17. The minimum absolute atomic E-state index is 0.0806. The zero-order valence-corrected chi connectivity index (χ0v) is 13.5. The van der Waals surface area contributed by atoms with Crippen LogP contribution in [0.3, 0.4) is 0 Å². The lowest BCUT2D eigenvalue weighted by Crippen LogP contribution is -2.21. The van der Waals surface area contributed by atoms with Crippen LogP contribution in [-0.4, -0.2) is 31.5 Å². The van der Waals surface area contributed by atoms with Crippen LogP contribution in [0.4, 0.5) is 25.8 Å². The number of nitrogens with zero attached hydrogens (tertiary/aromatic N) is 2. The van der Waals surface area contributed by atoms with Gasteiger partial charge in [-0.1, -0.05) is 12.1 Å². The van der Waals surface area contributed by atoms with Crippen molar-refractivity contribution in [2.45, 2.75) is 0 Å². The molecule has 132 valence electrons. The predicted octanol–water partition coefficient (Wildman–Crippen LogP) is 2.96. The molecule has 2 aromatic rings. The van der Waals surface area contributed by atoms with E-state index >= 15 is 0 Å². The van der Waals surface area contributed by atoms with Gasteiger partial charge in [0.2, 0.25) is 0 Å². The van der Waals surface area contributed by atoms with Crippen LogP contribution in [0.2, 0.25) is 0 Å². The van der Waals surface area contributed by atoms with E-state index in [4.69, 9.17) is 4.74 Å². The number of halogens is 2. The lowest BCUT2D eigenvalue weighted by atomic mass is 10.2. The van der Waals surface area contributed by atoms with Crippen LogP contribution in [0.25, 0.3) is 0 Å². The van der Waals surface area contributed by atoms with E-state index in [0.29, 0.717) is 0 Å². The SMILES string of the molecule is CN(C)c1c(F)cc(NC(=O)COc2ccccc2[N+](=O)[O-])cc1F. The maximum atomic E-state index is 13.9. The highest BCUT2D eigenvalue weighted by Gasteiger charge is 2.17. The van der Waals surface area contributed by atoms with Gasteiger partial charge in [-0.15, -0.1) is 0 Å². The summed E-state index contributed by atoms with van der Waals surface area (Å²) in [5.41, 5.74) is -0.603. The van der Waals surface area contributed by atoms with Gasteiger partial charge in [-0.05, 0) is 18.2 Å². The molecule has 0 fully saturated rings. The molecular weight excluding hydrogens is 336 g/mol. The normalized spacial score (nSPS) is 10.2.